The molecule has 0 saturated carbocycles. The maximum absolute atomic E-state index is 14.5. The third kappa shape index (κ3) is 26.1. The van der Waals surface area contributed by atoms with Gasteiger partial charge in [-0.2, -0.15) is 0 Å². The first kappa shape index (κ1) is 74.2. The fourth-order valence-corrected chi connectivity index (χ4v) is 9.09. The molecule has 1 saturated heterocycles. The number of rotatable bonds is 29. The second-order valence-corrected chi connectivity index (χ2v) is 21.7. The van der Waals surface area contributed by atoms with Gasteiger partial charge in [-0.3, -0.25) is 52.7 Å². The molecule has 0 aromatic heterocycles. The Hall–Kier alpha value is -6.89. The molecular formula is C56H98N16O13. The van der Waals surface area contributed by atoms with Gasteiger partial charge in [0.2, 0.25) is 65.0 Å². The van der Waals surface area contributed by atoms with Crippen LogP contribution in [0, 0.1) is 11.8 Å². The Morgan fingerprint density at radius 2 is 1.06 bits per heavy atom. The molecule has 85 heavy (non-hydrogen) atoms. The molecule has 1 heterocycles. The summed E-state index contributed by atoms with van der Waals surface area (Å²) in [5.41, 5.74) is 29.9. The minimum atomic E-state index is -1.70. The number of carbonyl (C=O) groups is 11. The normalized spacial score (nSPS) is 23.2. The average Bonchev–Trinajstić information content (AvgIpc) is 3.69. The van der Waals surface area contributed by atoms with E-state index in [2.05, 4.69) is 72.3 Å². The van der Waals surface area contributed by atoms with Gasteiger partial charge in [0.1, 0.15) is 60.4 Å². The highest BCUT2D eigenvalue weighted by atomic mass is 16.3. The SMILES string of the molecule is CCC(C)CCCCC(=O)NC(CCN)C(=O)NC(C(=O)NC(CCN)C(=O)NC1CCNC(=O)C(C(C)O)NC(=O)C(CCN)NC(=O)C(CCN)NC(=O)C(C(C)CC)NC(=O)C(Cc2ccccc2)NC(=O)C(CCN)NC1=O)C(C)O. The maximum atomic E-state index is 14.5. The smallest absolute Gasteiger partial charge is 0.245 e. The standard InChI is InChI=1S/C56H98N16O13/c1-7-31(3)14-12-13-17-43(75)63-36(18-24-57)51(80)72-46(34(6)74)56(85)68-39(21-27-60)48(77)66-41-23-29-62-54(83)45(33(5)73)71-52(81)40(22-28-61)65-47(76)38(20-26-59)67-55(84)44(32(4)8-2)70-53(82)42(30-35-15-10-9-11-16-35)69-49(78)37(19-25-58)64-50(41)79/h9-11,15-16,31-34,36-42,44-46,73-74H,7-8,12-14,17-30,57-61H2,1-6H3,(H,62,83)(H,63,75)(H,64,79)(H,65,76)(H,66,77)(H,67,84)(H,68,85)(H,69,78)(H,70,82)(H,71,81)(H,72,80). The zero-order valence-electron chi connectivity index (χ0n) is 50.2. The molecule has 23 N–H and O–H groups in total. The Morgan fingerprint density at radius 3 is 1.58 bits per heavy atom. The van der Waals surface area contributed by atoms with Gasteiger partial charge in [0, 0.05) is 19.4 Å². The predicted molar refractivity (Wildman–Crippen MR) is 316 cm³/mol. The number of nitrogens with two attached hydrogens (primary N) is 5. The Morgan fingerprint density at radius 1 is 0.553 bits per heavy atom. The van der Waals surface area contributed by atoms with Gasteiger partial charge in [-0.05, 0) is 109 Å². The topological polar surface area (TPSA) is 491 Å². The molecule has 0 bridgehead atoms. The average molecular weight is 1200 g/mol. The minimum absolute atomic E-state index is 0.0173. The van der Waals surface area contributed by atoms with Crippen LogP contribution in [0.3, 0.4) is 0 Å². The van der Waals surface area contributed by atoms with E-state index in [4.69, 9.17) is 28.7 Å². The zero-order chi connectivity index (χ0) is 63.8. The Kier molecular flexibility index (Phi) is 34.6. The maximum Gasteiger partial charge on any atom is 0.245 e. The lowest BCUT2D eigenvalue weighted by atomic mass is 9.96. The highest BCUT2D eigenvalue weighted by Gasteiger charge is 2.38. The van der Waals surface area contributed by atoms with Crippen molar-refractivity contribution in [2.24, 2.45) is 40.5 Å². The summed E-state index contributed by atoms with van der Waals surface area (Å²) in [5.74, 6) is -9.81. The molecule has 2 rings (SSSR count). The number of benzene rings is 1. The summed E-state index contributed by atoms with van der Waals surface area (Å²) in [7, 11) is 0. The molecule has 1 fully saturated rings. The van der Waals surface area contributed by atoms with Crippen LogP contribution >= 0.6 is 0 Å². The molecule has 1 aliphatic heterocycles. The number of aliphatic hydroxyl groups excluding tert-OH is 2. The number of aliphatic hydroxyl groups is 2. The summed E-state index contributed by atoms with van der Waals surface area (Å²) in [6, 6.07) is -6.25. The third-order valence-corrected chi connectivity index (χ3v) is 14.7. The molecule has 29 nitrogen and oxygen atoms in total. The quantitative estimate of drug-likeness (QED) is 0.0333. The lowest BCUT2D eigenvalue weighted by molar-refractivity contribution is -0.137. The summed E-state index contributed by atoms with van der Waals surface area (Å²) < 4.78 is 0. The fourth-order valence-electron chi connectivity index (χ4n) is 9.09. The van der Waals surface area contributed by atoms with Crippen LogP contribution in [0.4, 0.5) is 0 Å². The summed E-state index contributed by atoms with van der Waals surface area (Å²) in [4.78, 5) is 154. The van der Waals surface area contributed by atoms with Crippen LogP contribution in [-0.2, 0) is 59.2 Å². The Bertz CT molecular complexity index is 2320. The van der Waals surface area contributed by atoms with Gasteiger partial charge in [0.25, 0.3) is 0 Å². The molecule has 0 radical (unpaired) electrons. The highest BCUT2D eigenvalue weighted by molar-refractivity contribution is 5.99. The van der Waals surface area contributed by atoms with Crippen molar-refractivity contribution < 1.29 is 63.0 Å². The van der Waals surface area contributed by atoms with Crippen LogP contribution in [0.1, 0.15) is 124 Å². The largest absolute Gasteiger partial charge is 0.391 e. The van der Waals surface area contributed by atoms with E-state index in [0.717, 1.165) is 19.3 Å². The van der Waals surface area contributed by atoms with Crippen molar-refractivity contribution in [1.82, 2.24) is 58.5 Å². The second-order valence-electron chi connectivity index (χ2n) is 21.7. The number of amides is 11. The summed E-state index contributed by atoms with van der Waals surface area (Å²) in [6.07, 6.45) is -0.756. The van der Waals surface area contributed by atoms with E-state index in [-0.39, 0.29) is 77.7 Å². The molecule has 480 valence electrons. The number of unbranched alkanes of at least 4 members (excludes halogenated alkanes) is 1. The van der Waals surface area contributed by atoms with Gasteiger partial charge in [-0.1, -0.05) is 83.7 Å². The summed E-state index contributed by atoms with van der Waals surface area (Å²) >= 11 is 0. The van der Waals surface area contributed by atoms with Gasteiger partial charge in [0.15, 0.2) is 0 Å². The molecule has 14 unspecified atom stereocenters. The van der Waals surface area contributed by atoms with E-state index < -0.39 is 156 Å². The summed E-state index contributed by atoms with van der Waals surface area (Å²) in [5, 5.41) is 49.7. The van der Waals surface area contributed by atoms with Crippen molar-refractivity contribution in [2.45, 2.75) is 198 Å². The molecule has 1 aliphatic rings. The first-order valence-electron chi connectivity index (χ1n) is 29.6. The van der Waals surface area contributed by atoms with Gasteiger partial charge in [-0.15, -0.1) is 0 Å². The van der Waals surface area contributed by atoms with E-state index in [9.17, 15) is 63.0 Å². The molecule has 1 aromatic carbocycles. The second kappa shape index (κ2) is 39.7. The number of carbonyl (C=O) groups excluding carboxylic acids is 11. The van der Waals surface area contributed by atoms with Gasteiger partial charge < -0.3 is 97.4 Å². The third-order valence-electron chi connectivity index (χ3n) is 14.7. The molecule has 29 heteroatoms. The molecule has 0 spiro atoms. The van der Waals surface area contributed by atoms with E-state index in [1.807, 2.05) is 0 Å². The first-order chi connectivity index (χ1) is 40.4. The van der Waals surface area contributed by atoms with E-state index in [0.29, 0.717) is 24.3 Å². The Balaban J connectivity index is 2.68. The fraction of sp³-hybridized carbons (Fsp3) is 0.696. The van der Waals surface area contributed by atoms with Crippen LogP contribution in [-0.4, -0.2) is 187 Å². The number of nitrogens with one attached hydrogen (secondary N) is 11. The van der Waals surface area contributed by atoms with Gasteiger partial charge in [0.05, 0.1) is 12.2 Å². The monoisotopic (exact) mass is 1200 g/mol. The van der Waals surface area contributed by atoms with E-state index in [1.165, 1.54) is 13.8 Å². The molecular weight excluding hydrogens is 1100 g/mol. The first-order valence-corrected chi connectivity index (χ1v) is 29.6. The van der Waals surface area contributed by atoms with E-state index in [1.54, 1.807) is 44.2 Å². The lowest BCUT2D eigenvalue weighted by Crippen LogP contribution is -2.62. The molecule has 11 amide bonds. The Labute approximate surface area is 498 Å². The highest BCUT2D eigenvalue weighted by Crippen LogP contribution is 2.14. The molecule has 1 aromatic rings. The van der Waals surface area contributed by atoms with Crippen molar-refractivity contribution in [3.63, 3.8) is 0 Å². The van der Waals surface area contributed by atoms with Crippen LogP contribution in [0.5, 0.6) is 0 Å². The zero-order valence-corrected chi connectivity index (χ0v) is 50.2. The van der Waals surface area contributed by atoms with Crippen LogP contribution in [0.2, 0.25) is 0 Å². The number of hydrogen-bond donors (Lipinski definition) is 18. The van der Waals surface area contributed by atoms with Crippen LogP contribution in [0.25, 0.3) is 0 Å². The van der Waals surface area contributed by atoms with Crippen molar-refractivity contribution in [3.8, 4) is 0 Å². The predicted octanol–water partition coefficient (Wildman–Crippen LogP) is -5.24. The van der Waals surface area contributed by atoms with Gasteiger partial charge >= 0.3 is 0 Å². The van der Waals surface area contributed by atoms with Crippen molar-refractivity contribution in [3.05, 3.63) is 35.9 Å². The van der Waals surface area contributed by atoms with Crippen LogP contribution in [0.15, 0.2) is 30.3 Å². The van der Waals surface area contributed by atoms with Crippen molar-refractivity contribution in [2.75, 3.05) is 39.3 Å². The lowest BCUT2D eigenvalue weighted by Gasteiger charge is -2.30. The van der Waals surface area contributed by atoms with Gasteiger partial charge in [-0.25, -0.2) is 0 Å². The number of hydrogen-bond acceptors (Lipinski definition) is 18. The summed E-state index contributed by atoms with van der Waals surface area (Å²) in [6.45, 7) is 8.87. The minimum Gasteiger partial charge on any atom is -0.391 e. The van der Waals surface area contributed by atoms with Crippen LogP contribution < -0.4 is 87.2 Å². The van der Waals surface area contributed by atoms with Crippen molar-refractivity contribution >= 4 is 65.0 Å². The molecule has 14 atom stereocenters. The van der Waals surface area contributed by atoms with Crippen molar-refractivity contribution in [1.29, 1.82) is 0 Å². The molecule has 0 aliphatic carbocycles. The van der Waals surface area contributed by atoms with E-state index >= 15 is 0 Å².